The van der Waals surface area contributed by atoms with E-state index in [1.807, 2.05) is 18.2 Å². The molecular formula is C18H14FNO2S. The molecule has 0 saturated carbocycles. The molecule has 0 N–H and O–H groups in total. The van der Waals surface area contributed by atoms with Crippen molar-refractivity contribution in [2.45, 2.75) is 4.90 Å². The van der Waals surface area contributed by atoms with E-state index in [1.54, 1.807) is 36.5 Å². The van der Waals surface area contributed by atoms with Gasteiger partial charge in [0.2, 0.25) is 0 Å². The molecule has 1 aromatic heterocycles. The number of pyridine rings is 1. The fourth-order valence-corrected chi connectivity index (χ4v) is 2.94. The molecule has 0 aliphatic carbocycles. The average Bonchev–Trinajstić information content (AvgIpc) is 2.54. The molecule has 5 heteroatoms. The predicted molar refractivity (Wildman–Crippen MR) is 88.2 cm³/mol. The van der Waals surface area contributed by atoms with Gasteiger partial charge in [0.05, 0.1) is 10.6 Å². The number of hydrogen-bond donors (Lipinski definition) is 0. The Labute approximate surface area is 134 Å². The van der Waals surface area contributed by atoms with Crippen LogP contribution in [-0.4, -0.2) is 19.7 Å². The average molecular weight is 327 g/mol. The highest BCUT2D eigenvalue weighted by molar-refractivity contribution is 7.90. The van der Waals surface area contributed by atoms with E-state index in [1.165, 1.54) is 18.4 Å². The van der Waals surface area contributed by atoms with Crippen LogP contribution in [0.25, 0.3) is 22.4 Å². The summed E-state index contributed by atoms with van der Waals surface area (Å²) in [5, 5.41) is 0. The highest BCUT2D eigenvalue weighted by Gasteiger charge is 2.08. The Morgan fingerprint density at radius 2 is 1.57 bits per heavy atom. The molecule has 0 bridgehead atoms. The van der Waals surface area contributed by atoms with Crippen molar-refractivity contribution in [3.63, 3.8) is 0 Å². The van der Waals surface area contributed by atoms with E-state index in [2.05, 4.69) is 4.98 Å². The maximum absolute atomic E-state index is 13.4. The van der Waals surface area contributed by atoms with E-state index in [0.717, 1.165) is 16.7 Å². The molecule has 0 amide bonds. The van der Waals surface area contributed by atoms with Crippen molar-refractivity contribution in [2.75, 3.05) is 6.26 Å². The van der Waals surface area contributed by atoms with Gasteiger partial charge in [0, 0.05) is 18.0 Å². The fraction of sp³-hybridized carbons (Fsp3) is 0.0556. The summed E-state index contributed by atoms with van der Waals surface area (Å²) in [6.45, 7) is 0. The molecule has 0 fully saturated rings. The van der Waals surface area contributed by atoms with Gasteiger partial charge in [0.1, 0.15) is 5.82 Å². The molecule has 0 saturated heterocycles. The molecule has 3 rings (SSSR count). The van der Waals surface area contributed by atoms with Crippen molar-refractivity contribution in [3.05, 3.63) is 72.7 Å². The van der Waals surface area contributed by atoms with Crippen LogP contribution in [0.5, 0.6) is 0 Å². The van der Waals surface area contributed by atoms with Gasteiger partial charge >= 0.3 is 0 Å². The van der Waals surface area contributed by atoms with Crippen molar-refractivity contribution in [3.8, 4) is 22.4 Å². The van der Waals surface area contributed by atoms with Crippen LogP contribution in [0.2, 0.25) is 0 Å². The Morgan fingerprint density at radius 1 is 0.870 bits per heavy atom. The second-order valence-corrected chi connectivity index (χ2v) is 7.25. The Hall–Kier alpha value is -2.53. The van der Waals surface area contributed by atoms with Crippen LogP contribution in [-0.2, 0) is 9.84 Å². The number of nitrogens with zero attached hydrogens (tertiary/aromatic N) is 1. The molecule has 0 atom stereocenters. The third-order valence-corrected chi connectivity index (χ3v) is 4.62. The number of hydrogen-bond acceptors (Lipinski definition) is 3. The summed E-state index contributed by atoms with van der Waals surface area (Å²) >= 11 is 0. The summed E-state index contributed by atoms with van der Waals surface area (Å²) in [6.07, 6.45) is 2.82. The Kier molecular flexibility index (Phi) is 3.96. The topological polar surface area (TPSA) is 47.0 Å². The van der Waals surface area contributed by atoms with Gasteiger partial charge in [-0.1, -0.05) is 24.3 Å². The molecule has 0 radical (unpaired) electrons. The van der Waals surface area contributed by atoms with Crippen LogP contribution in [0.1, 0.15) is 0 Å². The van der Waals surface area contributed by atoms with Gasteiger partial charge in [-0.3, -0.25) is 4.98 Å². The third kappa shape index (κ3) is 3.46. The molecule has 116 valence electrons. The Morgan fingerprint density at radius 3 is 2.22 bits per heavy atom. The number of halogens is 1. The summed E-state index contributed by atoms with van der Waals surface area (Å²) in [7, 11) is -3.22. The summed E-state index contributed by atoms with van der Waals surface area (Å²) in [5.74, 6) is -0.293. The first-order valence-corrected chi connectivity index (χ1v) is 8.85. The van der Waals surface area contributed by atoms with Crippen LogP contribution >= 0.6 is 0 Å². The lowest BCUT2D eigenvalue weighted by molar-refractivity contribution is 0.602. The standard InChI is InChI=1S/C18H14FNO2S/c1-23(21,22)17-7-5-13(6-8-17)18-12-15(9-10-20-18)14-3-2-4-16(19)11-14/h2-12H,1H3. The highest BCUT2D eigenvalue weighted by Crippen LogP contribution is 2.25. The first-order valence-electron chi connectivity index (χ1n) is 6.96. The lowest BCUT2D eigenvalue weighted by atomic mass is 10.0. The summed E-state index contributed by atoms with van der Waals surface area (Å²) in [5.41, 5.74) is 3.12. The minimum atomic E-state index is -3.22. The monoisotopic (exact) mass is 327 g/mol. The van der Waals surface area contributed by atoms with Crippen LogP contribution < -0.4 is 0 Å². The first kappa shape index (κ1) is 15.4. The van der Waals surface area contributed by atoms with Gasteiger partial charge in [0.15, 0.2) is 9.84 Å². The molecule has 0 aliphatic rings. The van der Waals surface area contributed by atoms with E-state index in [-0.39, 0.29) is 10.7 Å². The van der Waals surface area contributed by atoms with Crippen LogP contribution in [0.3, 0.4) is 0 Å². The van der Waals surface area contributed by atoms with Crippen LogP contribution in [0.4, 0.5) is 4.39 Å². The molecule has 2 aromatic carbocycles. The molecular weight excluding hydrogens is 313 g/mol. The normalized spacial score (nSPS) is 11.4. The minimum Gasteiger partial charge on any atom is -0.256 e. The van der Waals surface area contributed by atoms with Crippen LogP contribution in [0.15, 0.2) is 71.8 Å². The van der Waals surface area contributed by atoms with Crippen molar-refractivity contribution in [1.29, 1.82) is 0 Å². The Balaban J connectivity index is 2.00. The van der Waals surface area contributed by atoms with Crippen molar-refractivity contribution in [1.82, 2.24) is 4.98 Å². The van der Waals surface area contributed by atoms with Gasteiger partial charge in [-0.2, -0.15) is 0 Å². The Bertz CT molecular complexity index is 951. The zero-order valence-electron chi connectivity index (χ0n) is 12.4. The molecule has 0 spiro atoms. The third-order valence-electron chi connectivity index (χ3n) is 3.50. The summed E-state index contributed by atoms with van der Waals surface area (Å²) < 4.78 is 36.4. The summed E-state index contributed by atoms with van der Waals surface area (Å²) in [4.78, 5) is 4.57. The maximum atomic E-state index is 13.4. The van der Waals surface area contributed by atoms with Crippen molar-refractivity contribution in [2.24, 2.45) is 0 Å². The number of benzene rings is 2. The van der Waals surface area contributed by atoms with Gasteiger partial charge in [-0.15, -0.1) is 0 Å². The second kappa shape index (κ2) is 5.93. The molecule has 1 heterocycles. The number of sulfone groups is 1. The SMILES string of the molecule is CS(=O)(=O)c1ccc(-c2cc(-c3cccc(F)c3)ccn2)cc1. The minimum absolute atomic E-state index is 0.266. The van der Waals surface area contributed by atoms with E-state index in [9.17, 15) is 12.8 Å². The quantitative estimate of drug-likeness (QED) is 0.731. The number of rotatable bonds is 3. The molecule has 0 unspecified atom stereocenters. The van der Waals surface area contributed by atoms with Gasteiger partial charge in [-0.25, -0.2) is 12.8 Å². The van der Waals surface area contributed by atoms with Crippen molar-refractivity contribution < 1.29 is 12.8 Å². The lowest BCUT2D eigenvalue weighted by Gasteiger charge is -2.06. The van der Waals surface area contributed by atoms with Gasteiger partial charge in [0.25, 0.3) is 0 Å². The molecule has 23 heavy (non-hydrogen) atoms. The second-order valence-electron chi connectivity index (χ2n) is 5.24. The van der Waals surface area contributed by atoms with E-state index < -0.39 is 9.84 Å². The van der Waals surface area contributed by atoms with E-state index in [4.69, 9.17) is 0 Å². The highest BCUT2D eigenvalue weighted by atomic mass is 32.2. The first-order chi connectivity index (χ1) is 10.9. The lowest BCUT2D eigenvalue weighted by Crippen LogP contribution is -1.96. The zero-order chi connectivity index (χ0) is 16.4. The molecule has 0 aliphatic heterocycles. The van der Waals surface area contributed by atoms with Gasteiger partial charge < -0.3 is 0 Å². The predicted octanol–water partition coefficient (Wildman–Crippen LogP) is 3.96. The maximum Gasteiger partial charge on any atom is 0.175 e. The molecule has 3 aromatic rings. The van der Waals surface area contributed by atoms with Gasteiger partial charge in [-0.05, 0) is 47.5 Å². The largest absolute Gasteiger partial charge is 0.256 e. The van der Waals surface area contributed by atoms with E-state index in [0.29, 0.717) is 5.69 Å². The van der Waals surface area contributed by atoms with Crippen molar-refractivity contribution >= 4 is 9.84 Å². The smallest absolute Gasteiger partial charge is 0.175 e. The van der Waals surface area contributed by atoms with Crippen LogP contribution in [0, 0.1) is 5.82 Å². The van der Waals surface area contributed by atoms with E-state index >= 15 is 0 Å². The zero-order valence-corrected chi connectivity index (χ0v) is 13.2. The molecule has 3 nitrogen and oxygen atoms in total. The summed E-state index contributed by atoms with van der Waals surface area (Å²) in [6, 6.07) is 16.6. The fourth-order valence-electron chi connectivity index (χ4n) is 2.31. The number of aromatic nitrogens is 1.